The Labute approximate surface area is 106 Å². The number of pyridine rings is 1. The minimum absolute atomic E-state index is 0.188. The largest absolute Gasteiger partial charge is 0.354 e. The predicted molar refractivity (Wildman–Crippen MR) is 68.8 cm³/mol. The smallest absolute Gasteiger partial charge is 0.271 e. The maximum atomic E-state index is 11.6. The van der Waals surface area contributed by atoms with E-state index < -0.39 is 0 Å². The van der Waals surface area contributed by atoms with Crippen molar-refractivity contribution in [1.82, 2.24) is 20.1 Å². The third-order valence-electron chi connectivity index (χ3n) is 2.65. The van der Waals surface area contributed by atoms with Gasteiger partial charge in [0, 0.05) is 18.9 Å². The number of amides is 1. The van der Waals surface area contributed by atoms with Crippen molar-refractivity contribution in [2.75, 3.05) is 7.05 Å². The lowest BCUT2D eigenvalue weighted by Crippen LogP contribution is -2.18. The number of nitrogens with zero attached hydrogens (tertiary/aromatic N) is 3. The average molecular weight is 244 g/mol. The fourth-order valence-corrected chi connectivity index (χ4v) is 1.71. The molecule has 0 spiro atoms. The number of carbonyl (C=O) groups is 1. The Kier molecular flexibility index (Phi) is 3.41. The molecule has 2 heterocycles. The number of nitrogens with one attached hydrogen (secondary N) is 1. The van der Waals surface area contributed by atoms with Crippen molar-refractivity contribution in [3.8, 4) is 5.82 Å². The lowest BCUT2D eigenvalue weighted by molar-refractivity contribution is 0.0957. The first-order valence-electron chi connectivity index (χ1n) is 5.87. The standard InChI is InChI=1S/C13H16N4O/c1-9(2)11-8-10(13(18)14-3)16-17(11)12-6-4-5-7-15-12/h4-9H,1-3H3,(H,14,18). The van der Waals surface area contributed by atoms with Crippen LogP contribution in [0.5, 0.6) is 0 Å². The molecule has 2 rings (SSSR count). The molecule has 94 valence electrons. The maximum absolute atomic E-state index is 11.6. The number of rotatable bonds is 3. The Morgan fingerprint density at radius 3 is 2.72 bits per heavy atom. The Morgan fingerprint density at radius 2 is 2.17 bits per heavy atom. The van der Waals surface area contributed by atoms with Gasteiger partial charge in [-0.3, -0.25) is 4.79 Å². The van der Waals surface area contributed by atoms with Gasteiger partial charge in [0.05, 0.1) is 0 Å². The first kappa shape index (κ1) is 12.3. The molecule has 2 aromatic rings. The van der Waals surface area contributed by atoms with Gasteiger partial charge in [-0.1, -0.05) is 19.9 Å². The van der Waals surface area contributed by atoms with Crippen LogP contribution >= 0.6 is 0 Å². The first-order valence-corrected chi connectivity index (χ1v) is 5.87. The molecular weight excluding hydrogens is 228 g/mol. The predicted octanol–water partition coefficient (Wildman–Crippen LogP) is 1.75. The van der Waals surface area contributed by atoms with Crippen molar-refractivity contribution in [1.29, 1.82) is 0 Å². The molecule has 2 aromatic heterocycles. The van der Waals surface area contributed by atoms with E-state index in [4.69, 9.17) is 0 Å². The zero-order valence-corrected chi connectivity index (χ0v) is 10.7. The minimum atomic E-state index is -0.188. The highest BCUT2D eigenvalue weighted by Crippen LogP contribution is 2.19. The summed E-state index contributed by atoms with van der Waals surface area (Å²) >= 11 is 0. The zero-order valence-electron chi connectivity index (χ0n) is 10.7. The third kappa shape index (κ3) is 2.25. The van der Waals surface area contributed by atoms with Gasteiger partial charge >= 0.3 is 0 Å². The summed E-state index contributed by atoms with van der Waals surface area (Å²) in [5, 5.41) is 6.89. The topological polar surface area (TPSA) is 59.8 Å². The molecule has 5 heteroatoms. The molecule has 0 saturated heterocycles. The van der Waals surface area contributed by atoms with E-state index in [2.05, 4.69) is 29.2 Å². The summed E-state index contributed by atoms with van der Waals surface area (Å²) in [7, 11) is 1.59. The number of aromatic nitrogens is 3. The van der Waals surface area contributed by atoms with E-state index in [9.17, 15) is 4.79 Å². The van der Waals surface area contributed by atoms with Crippen LogP contribution in [0.15, 0.2) is 30.5 Å². The number of hydrogen-bond donors (Lipinski definition) is 1. The molecule has 0 fully saturated rings. The number of carbonyl (C=O) groups excluding carboxylic acids is 1. The van der Waals surface area contributed by atoms with Gasteiger partial charge in [0.25, 0.3) is 5.91 Å². The van der Waals surface area contributed by atoms with Gasteiger partial charge in [-0.25, -0.2) is 9.67 Å². The second-order valence-electron chi connectivity index (χ2n) is 4.29. The Hall–Kier alpha value is -2.17. The molecule has 1 N–H and O–H groups in total. The molecule has 18 heavy (non-hydrogen) atoms. The second-order valence-corrected chi connectivity index (χ2v) is 4.29. The van der Waals surface area contributed by atoms with E-state index in [1.165, 1.54) is 0 Å². The molecule has 0 aliphatic rings. The average Bonchev–Trinajstić information content (AvgIpc) is 2.84. The molecule has 0 saturated carbocycles. The number of hydrogen-bond acceptors (Lipinski definition) is 3. The van der Waals surface area contributed by atoms with Crippen molar-refractivity contribution < 1.29 is 4.79 Å². The molecule has 0 aliphatic carbocycles. The van der Waals surface area contributed by atoms with Crippen molar-refractivity contribution >= 4 is 5.91 Å². The molecule has 1 amide bonds. The van der Waals surface area contributed by atoms with Crippen LogP contribution < -0.4 is 5.32 Å². The van der Waals surface area contributed by atoms with Crippen LogP contribution in [-0.2, 0) is 0 Å². The highest BCUT2D eigenvalue weighted by atomic mass is 16.1. The SMILES string of the molecule is CNC(=O)c1cc(C(C)C)n(-c2ccccn2)n1. The quantitative estimate of drug-likeness (QED) is 0.894. The summed E-state index contributed by atoms with van der Waals surface area (Å²) in [6, 6.07) is 7.42. The van der Waals surface area contributed by atoms with Crippen LogP contribution in [0.3, 0.4) is 0 Å². The van der Waals surface area contributed by atoms with E-state index in [1.807, 2.05) is 18.2 Å². The zero-order chi connectivity index (χ0) is 13.1. The van der Waals surface area contributed by atoms with Crippen molar-refractivity contribution in [3.63, 3.8) is 0 Å². The Balaban J connectivity index is 2.52. The van der Waals surface area contributed by atoms with E-state index in [0.717, 1.165) is 11.5 Å². The fraction of sp³-hybridized carbons (Fsp3) is 0.308. The molecule has 0 radical (unpaired) electrons. The van der Waals surface area contributed by atoms with Crippen LogP contribution in [-0.4, -0.2) is 27.7 Å². The van der Waals surface area contributed by atoms with Crippen LogP contribution in [0.25, 0.3) is 5.82 Å². The van der Waals surface area contributed by atoms with Gasteiger partial charge in [0.2, 0.25) is 0 Å². The van der Waals surface area contributed by atoms with Gasteiger partial charge in [-0.05, 0) is 24.1 Å². The highest BCUT2D eigenvalue weighted by Gasteiger charge is 2.16. The van der Waals surface area contributed by atoms with Crippen molar-refractivity contribution in [2.24, 2.45) is 0 Å². The molecular formula is C13H16N4O. The summed E-state index contributed by atoms with van der Waals surface area (Å²) < 4.78 is 1.72. The summed E-state index contributed by atoms with van der Waals surface area (Å²) in [6.07, 6.45) is 1.71. The second kappa shape index (κ2) is 5.00. The summed E-state index contributed by atoms with van der Waals surface area (Å²) in [6.45, 7) is 4.12. The van der Waals surface area contributed by atoms with E-state index in [0.29, 0.717) is 5.69 Å². The summed E-state index contributed by atoms with van der Waals surface area (Å²) in [5.41, 5.74) is 1.37. The van der Waals surface area contributed by atoms with E-state index >= 15 is 0 Å². The van der Waals surface area contributed by atoms with Gasteiger partial charge in [0.1, 0.15) is 0 Å². The molecule has 0 aromatic carbocycles. The third-order valence-corrected chi connectivity index (χ3v) is 2.65. The van der Waals surface area contributed by atoms with E-state index in [-0.39, 0.29) is 11.8 Å². The van der Waals surface area contributed by atoms with Crippen molar-refractivity contribution in [3.05, 3.63) is 41.9 Å². The van der Waals surface area contributed by atoms with Crippen LogP contribution in [0.2, 0.25) is 0 Å². The van der Waals surface area contributed by atoms with Gasteiger partial charge in [-0.2, -0.15) is 5.10 Å². The van der Waals surface area contributed by atoms with E-state index in [1.54, 1.807) is 24.0 Å². The molecule has 0 aliphatic heterocycles. The lowest BCUT2D eigenvalue weighted by atomic mass is 10.1. The monoisotopic (exact) mass is 244 g/mol. The van der Waals surface area contributed by atoms with Gasteiger partial charge in [0.15, 0.2) is 11.5 Å². The van der Waals surface area contributed by atoms with Gasteiger partial charge < -0.3 is 5.32 Å². The normalized spacial score (nSPS) is 10.7. The summed E-state index contributed by atoms with van der Waals surface area (Å²) in [5.74, 6) is 0.792. The highest BCUT2D eigenvalue weighted by molar-refractivity contribution is 5.92. The lowest BCUT2D eigenvalue weighted by Gasteiger charge is -2.08. The fourth-order valence-electron chi connectivity index (χ4n) is 1.71. The maximum Gasteiger partial charge on any atom is 0.271 e. The Bertz CT molecular complexity index is 545. The van der Waals surface area contributed by atoms with Crippen LogP contribution in [0.1, 0.15) is 35.9 Å². The minimum Gasteiger partial charge on any atom is -0.354 e. The summed E-state index contributed by atoms with van der Waals surface area (Å²) in [4.78, 5) is 15.9. The van der Waals surface area contributed by atoms with Crippen molar-refractivity contribution in [2.45, 2.75) is 19.8 Å². The first-order chi connectivity index (χ1) is 8.63. The van der Waals surface area contributed by atoms with Gasteiger partial charge in [-0.15, -0.1) is 0 Å². The Morgan fingerprint density at radius 1 is 1.39 bits per heavy atom. The molecule has 0 bridgehead atoms. The molecule has 0 atom stereocenters. The molecule has 0 unspecified atom stereocenters. The van der Waals surface area contributed by atoms with Crippen LogP contribution in [0.4, 0.5) is 0 Å². The van der Waals surface area contributed by atoms with Crippen LogP contribution in [0, 0.1) is 0 Å². The molecule has 5 nitrogen and oxygen atoms in total.